The lowest BCUT2D eigenvalue weighted by atomic mass is 10.0. The van der Waals surface area contributed by atoms with E-state index in [1.54, 1.807) is 7.11 Å². The number of rotatable bonds is 6. The van der Waals surface area contributed by atoms with Crippen molar-refractivity contribution in [1.82, 2.24) is 10.2 Å². The maximum absolute atomic E-state index is 11.7. The van der Waals surface area contributed by atoms with Gasteiger partial charge < -0.3 is 20.7 Å². The zero-order chi connectivity index (χ0) is 12.7. The van der Waals surface area contributed by atoms with E-state index in [1.807, 2.05) is 0 Å². The fourth-order valence-electron chi connectivity index (χ4n) is 2.18. The Labute approximate surface area is 104 Å². The van der Waals surface area contributed by atoms with E-state index in [0.717, 1.165) is 32.5 Å². The minimum Gasteiger partial charge on any atom is -0.383 e. The number of nitrogens with zero attached hydrogens (tertiary/aromatic N) is 1. The van der Waals surface area contributed by atoms with Crippen LogP contribution in [0.25, 0.3) is 0 Å². The third-order valence-corrected chi connectivity index (χ3v) is 3.16. The second-order valence-corrected chi connectivity index (χ2v) is 4.69. The van der Waals surface area contributed by atoms with Crippen molar-refractivity contribution in [2.75, 3.05) is 33.4 Å². The molecule has 5 heteroatoms. The van der Waals surface area contributed by atoms with Crippen molar-refractivity contribution in [3.05, 3.63) is 0 Å². The lowest BCUT2D eigenvalue weighted by Gasteiger charge is -2.32. The summed E-state index contributed by atoms with van der Waals surface area (Å²) < 4.78 is 4.87. The maximum atomic E-state index is 11.7. The highest BCUT2D eigenvalue weighted by Crippen LogP contribution is 2.10. The molecule has 0 aromatic heterocycles. The number of nitrogens with one attached hydrogen (secondary N) is 1. The van der Waals surface area contributed by atoms with Crippen molar-refractivity contribution in [2.45, 2.75) is 38.3 Å². The Morgan fingerprint density at radius 2 is 2.18 bits per heavy atom. The Morgan fingerprint density at radius 1 is 1.53 bits per heavy atom. The first kappa shape index (κ1) is 14.4. The van der Waals surface area contributed by atoms with Gasteiger partial charge in [-0.3, -0.25) is 4.79 Å². The number of carbonyl (C=O) groups excluding carboxylic acids is 1. The minimum atomic E-state index is -0.548. The minimum absolute atomic E-state index is 0.0965. The molecule has 1 aliphatic rings. The number of hydrogen-bond donors (Lipinski definition) is 2. The van der Waals surface area contributed by atoms with Crippen LogP contribution in [-0.2, 0) is 9.53 Å². The molecule has 0 saturated carbocycles. The summed E-state index contributed by atoms with van der Waals surface area (Å²) >= 11 is 0. The van der Waals surface area contributed by atoms with E-state index in [2.05, 4.69) is 17.1 Å². The van der Waals surface area contributed by atoms with Gasteiger partial charge in [-0.15, -0.1) is 0 Å². The van der Waals surface area contributed by atoms with Gasteiger partial charge in [0.2, 0.25) is 5.91 Å². The molecule has 0 spiro atoms. The molecule has 17 heavy (non-hydrogen) atoms. The van der Waals surface area contributed by atoms with Gasteiger partial charge in [0.15, 0.2) is 0 Å². The molecule has 1 atom stereocenters. The lowest BCUT2D eigenvalue weighted by Crippen LogP contribution is -2.50. The quantitative estimate of drug-likeness (QED) is 0.686. The van der Waals surface area contributed by atoms with Crippen LogP contribution in [0.2, 0.25) is 0 Å². The Bertz CT molecular complexity index is 228. The summed E-state index contributed by atoms with van der Waals surface area (Å²) in [5, 5.41) is 3.00. The SMILES string of the molecule is CCCN1CCC(NC(=O)C(N)COC)CC1. The molecule has 1 fully saturated rings. The van der Waals surface area contributed by atoms with E-state index in [4.69, 9.17) is 10.5 Å². The third-order valence-electron chi connectivity index (χ3n) is 3.16. The predicted octanol–water partition coefficient (Wildman–Crippen LogP) is -0.0493. The summed E-state index contributed by atoms with van der Waals surface area (Å²) in [6.45, 7) is 5.76. The zero-order valence-corrected chi connectivity index (χ0v) is 10.9. The number of carbonyl (C=O) groups is 1. The smallest absolute Gasteiger partial charge is 0.239 e. The number of likely N-dealkylation sites (tertiary alicyclic amines) is 1. The first-order chi connectivity index (χ1) is 8.17. The molecule has 0 bridgehead atoms. The highest BCUT2D eigenvalue weighted by Gasteiger charge is 2.22. The molecule has 1 aliphatic heterocycles. The van der Waals surface area contributed by atoms with E-state index >= 15 is 0 Å². The van der Waals surface area contributed by atoms with Gasteiger partial charge in [0.1, 0.15) is 6.04 Å². The normalized spacial score (nSPS) is 20.2. The first-order valence-corrected chi connectivity index (χ1v) is 6.44. The van der Waals surface area contributed by atoms with E-state index in [-0.39, 0.29) is 18.6 Å². The van der Waals surface area contributed by atoms with Crippen LogP contribution in [0.5, 0.6) is 0 Å². The molecule has 1 amide bonds. The highest BCUT2D eigenvalue weighted by atomic mass is 16.5. The topological polar surface area (TPSA) is 67.6 Å². The molecule has 3 N–H and O–H groups in total. The van der Waals surface area contributed by atoms with Crippen LogP contribution in [0.4, 0.5) is 0 Å². The number of hydrogen-bond acceptors (Lipinski definition) is 4. The fourth-order valence-corrected chi connectivity index (χ4v) is 2.18. The molecule has 1 heterocycles. The summed E-state index contributed by atoms with van der Waals surface area (Å²) in [6.07, 6.45) is 3.23. The molecule has 1 saturated heterocycles. The Balaban J connectivity index is 2.23. The summed E-state index contributed by atoms with van der Waals surface area (Å²) in [5.74, 6) is -0.0965. The highest BCUT2D eigenvalue weighted by molar-refractivity contribution is 5.81. The van der Waals surface area contributed by atoms with Gasteiger partial charge in [0.25, 0.3) is 0 Å². The van der Waals surface area contributed by atoms with Crippen molar-refractivity contribution in [1.29, 1.82) is 0 Å². The molecule has 0 aliphatic carbocycles. The van der Waals surface area contributed by atoms with Gasteiger partial charge in [-0.25, -0.2) is 0 Å². The lowest BCUT2D eigenvalue weighted by molar-refractivity contribution is -0.124. The average Bonchev–Trinajstić information content (AvgIpc) is 2.32. The van der Waals surface area contributed by atoms with Crippen LogP contribution in [0, 0.1) is 0 Å². The molecule has 1 unspecified atom stereocenters. The van der Waals surface area contributed by atoms with Crippen LogP contribution < -0.4 is 11.1 Å². The van der Waals surface area contributed by atoms with E-state index in [0.29, 0.717) is 0 Å². The summed E-state index contributed by atoms with van der Waals surface area (Å²) in [6, 6.07) is -0.271. The Hall–Kier alpha value is -0.650. The second kappa shape index (κ2) is 7.63. The molecule has 100 valence electrons. The molecular formula is C12H25N3O2. The molecule has 0 aromatic rings. The van der Waals surface area contributed by atoms with Crippen LogP contribution in [0.3, 0.4) is 0 Å². The van der Waals surface area contributed by atoms with E-state index < -0.39 is 6.04 Å². The summed E-state index contributed by atoms with van der Waals surface area (Å²) in [4.78, 5) is 14.1. The van der Waals surface area contributed by atoms with Crippen molar-refractivity contribution in [3.63, 3.8) is 0 Å². The molecule has 5 nitrogen and oxygen atoms in total. The van der Waals surface area contributed by atoms with Crippen LogP contribution >= 0.6 is 0 Å². The Morgan fingerprint density at radius 3 is 2.71 bits per heavy atom. The number of piperidine rings is 1. The number of nitrogens with two attached hydrogens (primary N) is 1. The van der Waals surface area contributed by atoms with Crippen LogP contribution in [0.15, 0.2) is 0 Å². The largest absolute Gasteiger partial charge is 0.383 e. The van der Waals surface area contributed by atoms with Crippen molar-refractivity contribution in [2.24, 2.45) is 5.73 Å². The number of amides is 1. The maximum Gasteiger partial charge on any atom is 0.239 e. The van der Waals surface area contributed by atoms with Crippen molar-refractivity contribution < 1.29 is 9.53 Å². The molecule has 0 aromatic carbocycles. The average molecular weight is 243 g/mol. The van der Waals surface area contributed by atoms with Gasteiger partial charge >= 0.3 is 0 Å². The molecular weight excluding hydrogens is 218 g/mol. The van der Waals surface area contributed by atoms with Crippen molar-refractivity contribution >= 4 is 5.91 Å². The van der Waals surface area contributed by atoms with Gasteiger partial charge in [0, 0.05) is 26.2 Å². The van der Waals surface area contributed by atoms with Crippen molar-refractivity contribution in [3.8, 4) is 0 Å². The number of methoxy groups -OCH3 is 1. The fraction of sp³-hybridized carbons (Fsp3) is 0.917. The second-order valence-electron chi connectivity index (χ2n) is 4.69. The standard InChI is InChI=1S/C12H25N3O2/c1-3-6-15-7-4-10(5-8-15)14-12(16)11(13)9-17-2/h10-11H,3-9,13H2,1-2H3,(H,14,16). The molecule has 1 rings (SSSR count). The van der Waals surface area contributed by atoms with E-state index in [9.17, 15) is 4.79 Å². The van der Waals surface area contributed by atoms with Gasteiger partial charge in [0.05, 0.1) is 6.61 Å². The van der Waals surface area contributed by atoms with Gasteiger partial charge in [-0.2, -0.15) is 0 Å². The zero-order valence-electron chi connectivity index (χ0n) is 10.9. The predicted molar refractivity (Wildman–Crippen MR) is 67.7 cm³/mol. The third kappa shape index (κ3) is 5.02. The van der Waals surface area contributed by atoms with Gasteiger partial charge in [-0.1, -0.05) is 6.92 Å². The van der Waals surface area contributed by atoms with Crippen LogP contribution in [0.1, 0.15) is 26.2 Å². The molecule has 0 radical (unpaired) electrons. The number of ether oxygens (including phenoxy) is 1. The first-order valence-electron chi connectivity index (χ1n) is 6.44. The monoisotopic (exact) mass is 243 g/mol. The van der Waals surface area contributed by atoms with E-state index in [1.165, 1.54) is 6.42 Å². The summed E-state index contributed by atoms with van der Waals surface area (Å²) in [7, 11) is 1.55. The summed E-state index contributed by atoms with van der Waals surface area (Å²) in [5.41, 5.74) is 5.67. The van der Waals surface area contributed by atoms with Crippen LogP contribution in [-0.4, -0.2) is 56.2 Å². The Kier molecular flexibility index (Phi) is 6.47. The van der Waals surface area contributed by atoms with Gasteiger partial charge in [-0.05, 0) is 25.8 Å².